The van der Waals surface area contributed by atoms with Crippen LogP contribution in [0.25, 0.3) is 0 Å². The molecule has 0 unspecified atom stereocenters. The van der Waals surface area contributed by atoms with Gasteiger partial charge in [0.25, 0.3) is 0 Å². The van der Waals surface area contributed by atoms with Gasteiger partial charge in [-0.15, -0.1) is 0 Å². The Morgan fingerprint density at radius 1 is 1.22 bits per heavy atom. The second kappa shape index (κ2) is 6.25. The van der Waals surface area contributed by atoms with Gasteiger partial charge in [-0.1, -0.05) is 0 Å². The van der Waals surface area contributed by atoms with Gasteiger partial charge in [-0.05, 0) is 19.4 Å². The van der Waals surface area contributed by atoms with Crippen LogP contribution in [0.15, 0.2) is 24.7 Å². The van der Waals surface area contributed by atoms with E-state index in [1.165, 1.54) is 7.05 Å². The summed E-state index contributed by atoms with van der Waals surface area (Å²) >= 11 is 0. The zero-order valence-electron chi connectivity index (χ0n) is 14.6. The van der Waals surface area contributed by atoms with Crippen LogP contribution >= 0.6 is 0 Å². The first-order valence-corrected chi connectivity index (χ1v) is 8.33. The molecule has 0 bridgehead atoms. The average molecular weight is 378 g/mol. The monoisotopic (exact) mass is 378 g/mol. The second-order valence-corrected chi connectivity index (χ2v) is 6.20. The third-order valence-electron chi connectivity index (χ3n) is 4.62. The van der Waals surface area contributed by atoms with Crippen LogP contribution in [0.1, 0.15) is 29.4 Å². The quantitative estimate of drug-likeness (QED) is 0.726. The Balaban J connectivity index is 1.61. The lowest BCUT2D eigenvalue weighted by molar-refractivity contribution is -0.137. The minimum Gasteiger partial charge on any atom is -0.372 e. The highest BCUT2D eigenvalue weighted by molar-refractivity contribution is 5.58. The van der Waals surface area contributed by atoms with E-state index in [2.05, 4.69) is 30.8 Å². The summed E-state index contributed by atoms with van der Waals surface area (Å²) in [7, 11) is 1.38. The Labute approximate surface area is 152 Å². The lowest BCUT2D eigenvalue weighted by Gasteiger charge is -2.14. The predicted octanol–water partition coefficient (Wildman–Crippen LogP) is 2.98. The zero-order valence-corrected chi connectivity index (χ0v) is 14.6. The third kappa shape index (κ3) is 2.98. The van der Waals surface area contributed by atoms with Gasteiger partial charge in [0.2, 0.25) is 5.95 Å². The number of halogens is 3. The molecule has 0 saturated heterocycles. The van der Waals surface area contributed by atoms with Gasteiger partial charge in [0.05, 0.1) is 29.3 Å². The highest BCUT2D eigenvalue weighted by Gasteiger charge is 2.35. The zero-order chi connectivity index (χ0) is 19.2. The van der Waals surface area contributed by atoms with E-state index in [1.54, 1.807) is 12.4 Å². The van der Waals surface area contributed by atoms with Crippen LogP contribution in [0, 0.1) is 6.92 Å². The molecule has 2 N–H and O–H groups in total. The van der Waals surface area contributed by atoms with E-state index < -0.39 is 11.7 Å². The molecule has 3 aromatic heterocycles. The summed E-state index contributed by atoms with van der Waals surface area (Å²) in [6.45, 7) is 2.71. The lowest BCUT2D eigenvalue weighted by atomic mass is 10.2. The number of alkyl halides is 3. The molecule has 11 heteroatoms. The summed E-state index contributed by atoms with van der Waals surface area (Å²) in [6.07, 6.45) is 0.495. The van der Waals surface area contributed by atoms with Crippen LogP contribution in [0.3, 0.4) is 0 Å². The fourth-order valence-corrected chi connectivity index (χ4v) is 3.27. The van der Waals surface area contributed by atoms with E-state index in [-0.39, 0.29) is 17.8 Å². The highest BCUT2D eigenvalue weighted by atomic mass is 19.4. The molecule has 1 aliphatic rings. The molecule has 0 aliphatic carbocycles. The normalized spacial score (nSPS) is 16.4. The molecule has 142 valence electrons. The van der Waals surface area contributed by atoms with Crippen molar-refractivity contribution in [2.45, 2.75) is 32.1 Å². The molecule has 3 aromatic rings. The Hall–Kier alpha value is -3.11. The Kier molecular flexibility index (Phi) is 4.01. The molecule has 0 aromatic carbocycles. The van der Waals surface area contributed by atoms with Gasteiger partial charge < -0.3 is 10.6 Å². The molecule has 0 radical (unpaired) electrons. The first kappa shape index (κ1) is 17.3. The molecule has 8 nitrogen and oxygen atoms in total. The molecule has 1 atom stereocenters. The number of hydrogen-bond acceptors (Lipinski definition) is 6. The molecule has 27 heavy (non-hydrogen) atoms. The van der Waals surface area contributed by atoms with Crippen LogP contribution < -0.4 is 10.6 Å². The molecule has 0 amide bonds. The smallest absolute Gasteiger partial charge is 0.372 e. The van der Waals surface area contributed by atoms with E-state index in [0.29, 0.717) is 5.69 Å². The van der Waals surface area contributed by atoms with Crippen molar-refractivity contribution in [3.63, 3.8) is 0 Å². The summed E-state index contributed by atoms with van der Waals surface area (Å²) in [6, 6.07) is 2.04. The molecule has 0 fully saturated rings. The predicted molar refractivity (Wildman–Crippen MR) is 91.8 cm³/mol. The van der Waals surface area contributed by atoms with Gasteiger partial charge in [-0.25, -0.2) is 4.98 Å². The topological polar surface area (TPSA) is 85.5 Å². The van der Waals surface area contributed by atoms with E-state index in [4.69, 9.17) is 0 Å². The first-order valence-electron chi connectivity index (χ1n) is 8.33. The van der Waals surface area contributed by atoms with Crippen LogP contribution in [0.2, 0.25) is 0 Å². The van der Waals surface area contributed by atoms with E-state index in [1.807, 2.05) is 22.4 Å². The van der Waals surface area contributed by atoms with Gasteiger partial charge in [0.1, 0.15) is 11.4 Å². The van der Waals surface area contributed by atoms with Gasteiger partial charge in [0, 0.05) is 26.0 Å². The van der Waals surface area contributed by atoms with E-state index in [0.717, 1.165) is 30.6 Å². The molecule has 0 spiro atoms. The van der Waals surface area contributed by atoms with Crippen LogP contribution in [0.5, 0.6) is 0 Å². The van der Waals surface area contributed by atoms with Crippen molar-refractivity contribution in [3.8, 4) is 0 Å². The molecule has 4 rings (SSSR count). The van der Waals surface area contributed by atoms with Gasteiger partial charge >= 0.3 is 6.18 Å². The van der Waals surface area contributed by atoms with Crippen LogP contribution in [-0.2, 0) is 12.7 Å². The summed E-state index contributed by atoms with van der Waals surface area (Å²) in [5.41, 5.74) is 1.64. The number of nitrogens with one attached hydrogen (secondary N) is 2. The summed E-state index contributed by atoms with van der Waals surface area (Å²) in [5.74, 6) is -0.226. The van der Waals surface area contributed by atoms with Crippen molar-refractivity contribution in [3.05, 3.63) is 41.6 Å². The Morgan fingerprint density at radius 2 is 2.04 bits per heavy atom. The van der Waals surface area contributed by atoms with Crippen molar-refractivity contribution in [2.24, 2.45) is 0 Å². The van der Waals surface area contributed by atoms with Gasteiger partial charge in [0.15, 0.2) is 0 Å². The van der Waals surface area contributed by atoms with Crippen molar-refractivity contribution in [1.29, 1.82) is 0 Å². The lowest BCUT2D eigenvalue weighted by Crippen LogP contribution is -2.13. The number of rotatable bonds is 4. The van der Waals surface area contributed by atoms with Crippen molar-refractivity contribution in [1.82, 2.24) is 29.5 Å². The van der Waals surface area contributed by atoms with Crippen LogP contribution in [0.4, 0.5) is 30.6 Å². The minimum absolute atomic E-state index is 0.0615. The fraction of sp³-hybridized carbons (Fsp3) is 0.375. The number of nitrogens with zero attached hydrogens (tertiary/aromatic N) is 6. The highest BCUT2D eigenvalue weighted by Crippen LogP contribution is 2.35. The maximum absolute atomic E-state index is 13.0. The standard InChI is InChI=1S/C16H17F3N8/c1-9-11(8-23-27(9)13-4-6-26-12(13)3-5-22-26)24-15-21-7-10(16(17,18)19)14(20-2)25-15/h3,5,7-8,13H,4,6H2,1-2H3,(H2,20,21,24,25)/t13-/m1/s1. The van der Waals surface area contributed by atoms with E-state index in [9.17, 15) is 13.2 Å². The summed E-state index contributed by atoms with van der Waals surface area (Å²) in [5, 5.41) is 14.1. The van der Waals surface area contributed by atoms with Crippen molar-refractivity contribution < 1.29 is 13.2 Å². The Bertz CT molecular complexity index is 974. The van der Waals surface area contributed by atoms with Crippen molar-refractivity contribution in [2.75, 3.05) is 17.7 Å². The van der Waals surface area contributed by atoms with Gasteiger partial charge in [-0.2, -0.15) is 28.4 Å². The van der Waals surface area contributed by atoms with Gasteiger partial charge in [-0.3, -0.25) is 9.36 Å². The molecular formula is C16H17F3N8. The fourth-order valence-electron chi connectivity index (χ4n) is 3.27. The number of aromatic nitrogens is 6. The largest absolute Gasteiger partial charge is 0.421 e. The third-order valence-corrected chi connectivity index (χ3v) is 4.62. The maximum atomic E-state index is 13.0. The summed E-state index contributed by atoms with van der Waals surface area (Å²) < 4.78 is 42.7. The second-order valence-electron chi connectivity index (χ2n) is 6.20. The molecule has 4 heterocycles. The molecular weight excluding hydrogens is 361 g/mol. The number of fused-ring (bicyclic) bond motifs is 1. The molecule has 1 aliphatic heterocycles. The SMILES string of the molecule is CNc1nc(Nc2cnn([C@@H]3CCn4nccc43)c2C)ncc1C(F)(F)F. The number of anilines is 3. The number of aryl methyl sites for hydroxylation is 1. The average Bonchev–Trinajstić information content (AvgIpc) is 3.31. The maximum Gasteiger partial charge on any atom is 0.421 e. The first-order chi connectivity index (χ1) is 12.9. The minimum atomic E-state index is -4.52. The van der Waals surface area contributed by atoms with E-state index >= 15 is 0 Å². The molecule has 0 saturated carbocycles. The Morgan fingerprint density at radius 3 is 2.78 bits per heavy atom. The summed E-state index contributed by atoms with van der Waals surface area (Å²) in [4.78, 5) is 7.72. The number of hydrogen-bond donors (Lipinski definition) is 2. The van der Waals surface area contributed by atoms with Crippen molar-refractivity contribution >= 4 is 17.5 Å². The van der Waals surface area contributed by atoms with Crippen LogP contribution in [-0.4, -0.2) is 36.6 Å².